The molecular weight excluding hydrogens is 242 g/mol. The second kappa shape index (κ2) is 5.29. The Kier molecular flexibility index (Phi) is 3.75. The molecule has 0 radical (unpaired) electrons. The minimum Gasteiger partial charge on any atom is -0.357 e. The third-order valence-corrected chi connectivity index (χ3v) is 2.98. The highest BCUT2D eigenvalue weighted by molar-refractivity contribution is 6.32. The maximum Gasteiger partial charge on any atom is 0.243 e. The molecule has 0 aliphatic carbocycles. The van der Waals surface area contributed by atoms with Crippen molar-refractivity contribution in [1.29, 1.82) is 0 Å². The third-order valence-electron chi connectivity index (χ3n) is 2.71. The molecule has 0 bridgehead atoms. The molecule has 1 unspecified atom stereocenters. The van der Waals surface area contributed by atoms with E-state index in [9.17, 15) is 4.79 Å². The number of halogens is 1. The molecule has 1 fully saturated rings. The van der Waals surface area contributed by atoms with Crippen molar-refractivity contribution in [1.82, 2.24) is 20.6 Å². The molecule has 2 rings (SSSR count). The van der Waals surface area contributed by atoms with Crippen LogP contribution in [0.4, 0.5) is 5.82 Å². The molecule has 17 heavy (non-hydrogen) atoms. The number of likely N-dealkylation sites (N-methyl/N-ethyl adjacent to an activating group) is 1. The first-order valence-electron chi connectivity index (χ1n) is 5.38. The van der Waals surface area contributed by atoms with Crippen molar-refractivity contribution in [3.05, 3.63) is 17.5 Å². The fraction of sp³-hybridized carbons (Fsp3) is 0.500. The summed E-state index contributed by atoms with van der Waals surface area (Å²) in [6, 6.07) is -0.291. The van der Waals surface area contributed by atoms with E-state index in [1.165, 1.54) is 12.5 Å². The summed E-state index contributed by atoms with van der Waals surface area (Å²) in [5.41, 5.74) is 0. The summed E-state index contributed by atoms with van der Waals surface area (Å²) in [4.78, 5) is 21.7. The molecule has 1 aromatic rings. The zero-order valence-electron chi connectivity index (χ0n) is 9.48. The number of carbonyl (C=O) groups excluding carboxylic acids is 1. The van der Waals surface area contributed by atoms with E-state index >= 15 is 0 Å². The third kappa shape index (κ3) is 2.48. The van der Waals surface area contributed by atoms with E-state index in [4.69, 9.17) is 11.6 Å². The lowest BCUT2D eigenvalue weighted by atomic mass is 10.1. The summed E-state index contributed by atoms with van der Waals surface area (Å²) in [5, 5.41) is 6.29. The van der Waals surface area contributed by atoms with Gasteiger partial charge in [-0.05, 0) is 0 Å². The topological polar surface area (TPSA) is 70.2 Å². The van der Waals surface area contributed by atoms with Crippen molar-refractivity contribution >= 4 is 23.3 Å². The Morgan fingerprint density at radius 3 is 3.24 bits per heavy atom. The van der Waals surface area contributed by atoms with Crippen LogP contribution in [-0.4, -0.2) is 48.6 Å². The average molecular weight is 256 g/mol. The highest BCUT2D eigenvalue weighted by atomic mass is 35.5. The second-order valence-electron chi connectivity index (χ2n) is 3.72. The maximum absolute atomic E-state index is 11.8. The largest absolute Gasteiger partial charge is 0.357 e. The summed E-state index contributed by atoms with van der Waals surface area (Å²) in [5.74, 6) is 0.559. The van der Waals surface area contributed by atoms with Gasteiger partial charge in [0.2, 0.25) is 5.91 Å². The van der Waals surface area contributed by atoms with Gasteiger partial charge in [0, 0.05) is 26.7 Å². The molecule has 1 aliphatic heterocycles. The summed E-state index contributed by atoms with van der Waals surface area (Å²) >= 11 is 6.05. The van der Waals surface area contributed by atoms with Crippen LogP contribution in [0.2, 0.25) is 5.02 Å². The molecule has 0 saturated carbocycles. The van der Waals surface area contributed by atoms with E-state index in [2.05, 4.69) is 20.6 Å². The molecule has 1 amide bonds. The van der Waals surface area contributed by atoms with Gasteiger partial charge in [-0.1, -0.05) is 11.6 Å². The maximum atomic E-state index is 11.8. The van der Waals surface area contributed by atoms with Crippen molar-refractivity contribution in [3.63, 3.8) is 0 Å². The number of anilines is 1. The van der Waals surface area contributed by atoms with Gasteiger partial charge >= 0.3 is 0 Å². The number of hydrogen-bond acceptors (Lipinski definition) is 5. The number of amides is 1. The van der Waals surface area contributed by atoms with E-state index < -0.39 is 0 Å². The first-order valence-corrected chi connectivity index (χ1v) is 5.76. The molecule has 1 atom stereocenters. The Morgan fingerprint density at radius 2 is 2.53 bits per heavy atom. The number of nitrogens with zero attached hydrogens (tertiary/aromatic N) is 3. The standard InChI is InChI=1S/C10H14ClN5O/c1-12-10(17)8-5-13-2-3-16(8)9-7(11)4-14-6-15-9/h4,6,8,13H,2-3,5H2,1H3,(H,12,17). The van der Waals surface area contributed by atoms with Crippen LogP contribution < -0.4 is 15.5 Å². The van der Waals surface area contributed by atoms with Crippen molar-refractivity contribution in [3.8, 4) is 0 Å². The van der Waals surface area contributed by atoms with Crippen LogP contribution in [0, 0.1) is 0 Å². The van der Waals surface area contributed by atoms with Crippen LogP contribution in [0.15, 0.2) is 12.5 Å². The van der Waals surface area contributed by atoms with Gasteiger partial charge in [-0.2, -0.15) is 0 Å². The monoisotopic (exact) mass is 255 g/mol. The number of rotatable bonds is 2. The van der Waals surface area contributed by atoms with E-state index in [0.29, 0.717) is 23.9 Å². The van der Waals surface area contributed by atoms with E-state index in [1.807, 2.05) is 4.90 Å². The van der Waals surface area contributed by atoms with Crippen molar-refractivity contribution in [2.75, 3.05) is 31.6 Å². The Morgan fingerprint density at radius 1 is 1.71 bits per heavy atom. The summed E-state index contributed by atoms with van der Waals surface area (Å²) in [6.07, 6.45) is 2.97. The Balaban J connectivity index is 2.28. The van der Waals surface area contributed by atoms with Crippen molar-refractivity contribution < 1.29 is 4.79 Å². The first kappa shape index (κ1) is 12.1. The zero-order valence-corrected chi connectivity index (χ0v) is 10.2. The lowest BCUT2D eigenvalue weighted by molar-refractivity contribution is -0.122. The van der Waals surface area contributed by atoms with E-state index in [1.54, 1.807) is 7.05 Å². The van der Waals surface area contributed by atoms with Gasteiger partial charge < -0.3 is 15.5 Å². The Bertz CT molecular complexity index is 413. The molecule has 1 saturated heterocycles. The molecule has 1 aliphatic rings. The lowest BCUT2D eigenvalue weighted by Gasteiger charge is -2.35. The molecule has 6 nitrogen and oxygen atoms in total. The normalized spacial score (nSPS) is 20.1. The summed E-state index contributed by atoms with van der Waals surface area (Å²) in [7, 11) is 1.62. The predicted octanol–water partition coefficient (Wildman–Crippen LogP) is -0.346. The van der Waals surface area contributed by atoms with Gasteiger partial charge in [-0.15, -0.1) is 0 Å². The average Bonchev–Trinajstić information content (AvgIpc) is 2.38. The molecule has 2 heterocycles. The minimum absolute atomic E-state index is 0.0492. The van der Waals surface area contributed by atoms with Gasteiger partial charge in [0.05, 0.1) is 6.20 Å². The number of piperazine rings is 1. The molecular formula is C10H14ClN5O. The van der Waals surface area contributed by atoms with Crippen LogP contribution in [0.1, 0.15) is 0 Å². The van der Waals surface area contributed by atoms with Crippen LogP contribution in [-0.2, 0) is 4.79 Å². The number of hydrogen-bond donors (Lipinski definition) is 2. The molecule has 92 valence electrons. The molecule has 2 N–H and O–H groups in total. The van der Waals surface area contributed by atoms with Gasteiger partial charge in [-0.3, -0.25) is 4.79 Å². The summed E-state index contributed by atoms with van der Waals surface area (Å²) in [6.45, 7) is 2.07. The SMILES string of the molecule is CNC(=O)C1CNCCN1c1ncncc1Cl. The van der Waals surface area contributed by atoms with Gasteiger partial charge in [-0.25, -0.2) is 9.97 Å². The number of carbonyl (C=O) groups is 1. The second-order valence-corrected chi connectivity index (χ2v) is 4.13. The molecule has 0 spiro atoms. The van der Waals surface area contributed by atoms with Gasteiger partial charge in [0.25, 0.3) is 0 Å². The van der Waals surface area contributed by atoms with Crippen molar-refractivity contribution in [2.45, 2.75) is 6.04 Å². The molecule has 1 aromatic heterocycles. The molecule has 0 aromatic carbocycles. The quantitative estimate of drug-likeness (QED) is 0.756. The Hall–Kier alpha value is -1.40. The fourth-order valence-corrected chi connectivity index (χ4v) is 2.09. The van der Waals surface area contributed by atoms with E-state index in [-0.39, 0.29) is 11.9 Å². The van der Waals surface area contributed by atoms with Crippen LogP contribution in [0.25, 0.3) is 0 Å². The number of aromatic nitrogens is 2. The Labute approximate surface area is 104 Å². The zero-order chi connectivity index (χ0) is 12.3. The summed E-state index contributed by atoms with van der Waals surface area (Å²) < 4.78 is 0. The van der Waals surface area contributed by atoms with Gasteiger partial charge in [0.15, 0.2) is 5.82 Å². The lowest BCUT2D eigenvalue weighted by Crippen LogP contribution is -2.58. The highest BCUT2D eigenvalue weighted by Gasteiger charge is 2.29. The smallest absolute Gasteiger partial charge is 0.243 e. The van der Waals surface area contributed by atoms with Crippen LogP contribution in [0.5, 0.6) is 0 Å². The number of nitrogens with one attached hydrogen (secondary N) is 2. The molecule has 7 heteroatoms. The van der Waals surface area contributed by atoms with Crippen LogP contribution in [0.3, 0.4) is 0 Å². The minimum atomic E-state index is -0.291. The highest BCUT2D eigenvalue weighted by Crippen LogP contribution is 2.23. The predicted molar refractivity (Wildman–Crippen MR) is 65.1 cm³/mol. The van der Waals surface area contributed by atoms with Crippen LogP contribution >= 0.6 is 11.6 Å². The van der Waals surface area contributed by atoms with Gasteiger partial charge in [0.1, 0.15) is 17.4 Å². The van der Waals surface area contributed by atoms with E-state index in [0.717, 1.165) is 6.54 Å². The fourth-order valence-electron chi connectivity index (χ4n) is 1.88. The van der Waals surface area contributed by atoms with Crippen molar-refractivity contribution in [2.24, 2.45) is 0 Å². The first-order chi connectivity index (χ1) is 8.24.